The van der Waals surface area contributed by atoms with Crippen LogP contribution < -0.4 is 0 Å². The molecule has 5 heterocycles. The maximum atomic E-state index is 11.9. The molecule has 154 valence electrons. The van der Waals surface area contributed by atoms with Crippen LogP contribution in [0, 0.1) is 17.8 Å². The van der Waals surface area contributed by atoms with E-state index in [-0.39, 0.29) is 42.3 Å². The molecule has 4 fully saturated rings. The van der Waals surface area contributed by atoms with Crippen LogP contribution in [-0.4, -0.2) is 59.9 Å². The minimum absolute atomic E-state index is 0.0222. The van der Waals surface area contributed by atoms with Crippen LogP contribution in [0.2, 0.25) is 0 Å². The van der Waals surface area contributed by atoms with Gasteiger partial charge in [-0.15, -0.1) is 0 Å². The predicted octanol–water partition coefficient (Wildman–Crippen LogP) is 2.46. The summed E-state index contributed by atoms with van der Waals surface area (Å²) in [5.41, 5.74) is 0.688. The highest BCUT2D eigenvalue weighted by molar-refractivity contribution is 5.90. The molecule has 4 saturated heterocycles. The van der Waals surface area contributed by atoms with Crippen molar-refractivity contribution in [2.24, 2.45) is 17.8 Å². The molecule has 0 aromatic rings. The molecule has 0 N–H and O–H groups in total. The van der Waals surface area contributed by atoms with E-state index >= 15 is 0 Å². The summed E-state index contributed by atoms with van der Waals surface area (Å²) < 4.78 is 17.8. The number of hydrogen-bond donors (Lipinski definition) is 0. The summed E-state index contributed by atoms with van der Waals surface area (Å²) in [4.78, 5) is 26.4. The van der Waals surface area contributed by atoms with Gasteiger partial charge in [-0.05, 0) is 57.6 Å². The van der Waals surface area contributed by atoms with Gasteiger partial charge >= 0.3 is 11.9 Å². The van der Waals surface area contributed by atoms with Crippen molar-refractivity contribution in [2.45, 2.75) is 89.4 Å². The molecule has 0 spiro atoms. The average molecular weight is 389 g/mol. The first-order chi connectivity index (χ1) is 13.4. The summed E-state index contributed by atoms with van der Waals surface area (Å²) in [6.07, 6.45) is 7.11. The number of esters is 2. The minimum atomic E-state index is -0.253. The van der Waals surface area contributed by atoms with Crippen LogP contribution >= 0.6 is 0 Å². The number of carbonyl (C=O) groups excluding carboxylic acids is 2. The van der Waals surface area contributed by atoms with E-state index in [0.29, 0.717) is 29.5 Å². The number of carbonyl (C=O) groups is 2. The van der Waals surface area contributed by atoms with E-state index in [1.807, 2.05) is 19.9 Å². The molecule has 0 saturated carbocycles. The molecule has 28 heavy (non-hydrogen) atoms. The maximum absolute atomic E-state index is 11.9. The molecule has 5 aliphatic heterocycles. The lowest BCUT2D eigenvalue weighted by Crippen LogP contribution is -2.47. The minimum Gasteiger partial charge on any atom is -0.460 e. The van der Waals surface area contributed by atoms with Gasteiger partial charge in [0.1, 0.15) is 18.3 Å². The molecule has 5 aliphatic rings. The second-order valence-electron chi connectivity index (χ2n) is 9.50. The lowest BCUT2D eigenvalue weighted by Gasteiger charge is -2.36. The standard InChI is InChI=1S/C22H31NO5/c1-11-9-17(27-21(11)24)14-6-7-15-19-13(3)20(18-10-12(2)22(25)28-18)26-16(19)5-4-8-23(14)15/h10-11,13-20H,4-9H2,1-3H3/t11-,13-,14-,15-,16+,17-,18-,19+,20-/m0/s1. The predicted molar refractivity (Wildman–Crippen MR) is 101 cm³/mol. The molecular weight excluding hydrogens is 358 g/mol. The lowest BCUT2D eigenvalue weighted by atomic mass is 9.80. The molecule has 0 radical (unpaired) electrons. The monoisotopic (exact) mass is 389 g/mol. The summed E-state index contributed by atoms with van der Waals surface area (Å²) >= 11 is 0. The van der Waals surface area contributed by atoms with Gasteiger partial charge in [0.2, 0.25) is 0 Å². The Balaban J connectivity index is 1.35. The molecule has 6 nitrogen and oxygen atoms in total. The molecule has 0 unspecified atom stereocenters. The van der Waals surface area contributed by atoms with E-state index in [4.69, 9.17) is 14.2 Å². The average Bonchev–Trinajstić information content (AvgIpc) is 3.35. The molecule has 0 aliphatic carbocycles. The van der Waals surface area contributed by atoms with Crippen LogP contribution in [0.3, 0.4) is 0 Å². The zero-order chi connectivity index (χ0) is 19.6. The van der Waals surface area contributed by atoms with Crippen molar-refractivity contribution in [3.8, 4) is 0 Å². The summed E-state index contributed by atoms with van der Waals surface area (Å²) in [5, 5.41) is 0. The van der Waals surface area contributed by atoms with E-state index < -0.39 is 0 Å². The molecular formula is C22H31NO5. The van der Waals surface area contributed by atoms with Crippen molar-refractivity contribution in [1.29, 1.82) is 0 Å². The van der Waals surface area contributed by atoms with Crippen molar-refractivity contribution in [3.05, 3.63) is 11.6 Å². The van der Waals surface area contributed by atoms with Crippen molar-refractivity contribution in [1.82, 2.24) is 4.90 Å². The van der Waals surface area contributed by atoms with Crippen LogP contribution in [0.4, 0.5) is 0 Å². The second-order valence-corrected chi connectivity index (χ2v) is 9.50. The van der Waals surface area contributed by atoms with Gasteiger partial charge in [0.15, 0.2) is 0 Å². The maximum Gasteiger partial charge on any atom is 0.334 e. The van der Waals surface area contributed by atoms with Crippen LogP contribution in [0.15, 0.2) is 11.6 Å². The Bertz CT molecular complexity index is 705. The van der Waals surface area contributed by atoms with E-state index in [0.717, 1.165) is 38.6 Å². The third-order valence-corrected chi connectivity index (χ3v) is 7.83. The van der Waals surface area contributed by atoms with Crippen molar-refractivity contribution in [2.75, 3.05) is 6.54 Å². The Labute approximate surface area is 166 Å². The topological polar surface area (TPSA) is 65.1 Å². The molecule has 9 atom stereocenters. The third kappa shape index (κ3) is 2.83. The normalized spacial score (nSPS) is 48.7. The van der Waals surface area contributed by atoms with Gasteiger partial charge in [-0.1, -0.05) is 13.8 Å². The van der Waals surface area contributed by atoms with Gasteiger partial charge in [0.25, 0.3) is 0 Å². The van der Waals surface area contributed by atoms with Crippen LogP contribution in [0.1, 0.15) is 52.9 Å². The summed E-state index contributed by atoms with van der Waals surface area (Å²) in [7, 11) is 0. The Morgan fingerprint density at radius 1 is 1.04 bits per heavy atom. The van der Waals surface area contributed by atoms with Crippen LogP contribution in [0.5, 0.6) is 0 Å². The quantitative estimate of drug-likeness (QED) is 0.676. The van der Waals surface area contributed by atoms with E-state index in [1.165, 1.54) is 0 Å². The summed E-state index contributed by atoms with van der Waals surface area (Å²) in [6.45, 7) is 7.11. The first kappa shape index (κ1) is 18.6. The number of fused-ring (bicyclic) bond motifs is 3. The van der Waals surface area contributed by atoms with Crippen LogP contribution in [-0.2, 0) is 23.8 Å². The van der Waals surface area contributed by atoms with E-state index in [9.17, 15) is 9.59 Å². The fourth-order valence-electron chi connectivity index (χ4n) is 6.47. The van der Waals surface area contributed by atoms with E-state index in [2.05, 4.69) is 11.8 Å². The first-order valence-corrected chi connectivity index (χ1v) is 10.9. The van der Waals surface area contributed by atoms with Crippen LogP contribution in [0.25, 0.3) is 0 Å². The fourth-order valence-corrected chi connectivity index (χ4v) is 6.47. The Kier molecular flexibility index (Phi) is 4.55. The fraction of sp³-hybridized carbons (Fsp3) is 0.818. The second kappa shape index (κ2) is 6.84. The number of ether oxygens (including phenoxy) is 3. The number of hydrogen-bond acceptors (Lipinski definition) is 6. The first-order valence-electron chi connectivity index (χ1n) is 10.9. The molecule has 0 aromatic heterocycles. The molecule has 0 amide bonds. The molecule has 6 heteroatoms. The Morgan fingerprint density at radius 3 is 2.50 bits per heavy atom. The van der Waals surface area contributed by atoms with Gasteiger partial charge in [0.05, 0.1) is 12.0 Å². The molecule has 0 bridgehead atoms. The van der Waals surface area contributed by atoms with Gasteiger partial charge < -0.3 is 14.2 Å². The van der Waals surface area contributed by atoms with Gasteiger partial charge in [0, 0.05) is 23.6 Å². The van der Waals surface area contributed by atoms with Crippen molar-refractivity contribution >= 4 is 11.9 Å². The smallest absolute Gasteiger partial charge is 0.334 e. The van der Waals surface area contributed by atoms with Crippen molar-refractivity contribution < 1.29 is 23.8 Å². The highest BCUT2D eigenvalue weighted by Crippen LogP contribution is 2.48. The van der Waals surface area contributed by atoms with Crippen molar-refractivity contribution in [3.63, 3.8) is 0 Å². The highest BCUT2D eigenvalue weighted by atomic mass is 16.6. The Hall–Kier alpha value is -1.40. The van der Waals surface area contributed by atoms with Gasteiger partial charge in [-0.2, -0.15) is 0 Å². The van der Waals surface area contributed by atoms with Gasteiger partial charge in [-0.25, -0.2) is 4.79 Å². The summed E-state index contributed by atoms with van der Waals surface area (Å²) in [5.74, 6) is 0.546. The third-order valence-electron chi connectivity index (χ3n) is 7.83. The largest absolute Gasteiger partial charge is 0.460 e. The van der Waals surface area contributed by atoms with Gasteiger partial charge in [-0.3, -0.25) is 9.69 Å². The molecule has 0 aromatic carbocycles. The zero-order valence-corrected chi connectivity index (χ0v) is 17.0. The zero-order valence-electron chi connectivity index (χ0n) is 17.0. The SMILES string of the molecule is CC1=C[C@@H]([C@H]2O[C@@H]3CCCN4[C@@H](CC[C@H]4[C@@H]4C[C@H](C)C(=O)O4)[C@H]3[C@@H]2C)OC1=O. The summed E-state index contributed by atoms with van der Waals surface area (Å²) in [6, 6.07) is 0.810. The number of rotatable bonds is 2. The number of nitrogens with zero attached hydrogens (tertiary/aromatic N) is 1. The number of cyclic esters (lactones) is 2. The molecule has 5 rings (SSSR count). The highest BCUT2D eigenvalue weighted by Gasteiger charge is 2.55. The lowest BCUT2D eigenvalue weighted by molar-refractivity contribution is -0.147. The van der Waals surface area contributed by atoms with E-state index in [1.54, 1.807) is 0 Å². The Morgan fingerprint density at radius 2 is 1.82 bits per heavy atom.